The van der Waals surface area contributed by atoms with E-state index >= 15 is 0 Å². The molecule has 6 unspecified atom stereocenters. The van der Waals surface area contributed by atoms with E-state index in [1.807, 2.05) is 46.0 Å². The molecule has 9 nitrogen and oxygen atoms in total. The van der Waals surface area contributed by atoms with Gasteiger partial charge in [-0.15, -0.1) is 11.3 Å². The normalized spacial score (nSPS) is 18.4. The molecule has 1 aromatic heterocycles. The lowest BCUT2D eigenvalue weighted by Gasteiger charge is -2.37. The van der Waals surface area contributed by atoms with Gasteiger partial charge in [0, 0.05) is 50.2 Å². The lowest BCUT2D eigenvalue weighted by atomic mass is 9.83. The van der Waals surface area contributed by atoms with Crippen molar-refractivity contribution in [3.8, 4) is 0 Å². The fraction of sp³-hybridized carbons (Fsp3) is 0.667. The van der Waals surface area contributed by atoms with Gasteiger partial charge in [-0.05, 0) is 62.6 Å². The standard InChI is InChI=1S/C39H60N4O5S/c1-10-27(6)31(22-35(45)33-18-14-15-19-42(33)8)39(47)43(9)34(26(4)5)23-36(48-28(7)44)38-41-32(24-49-38)37(46)40-30(20-25(2)3)21-29-16-12-11-13-17-29/h11-13,16-17,24-27,30-31,33-34,36H,10,14-15,18-23H2,1-9H3,(H,40,46). The monoisotopic (exact) mass is 696 g/mol. The van der Waals surface area contributed by atoms with Crippen molar-refractivity contribution < 1.29 is 23.9 Å². The number of amides is 2. The quantitative estimate of drug-likeness (QED) is 0.166. The van der Waals surface area contributed by atoms with E-state index in [4.69, 9.17) is 4.74 Å². The first-order valence-corrected chi connectivity index (χ1v) is 19.1. The Labute approximate surface area is 298 Å². The largest absolute Gasteiger partial charge is 0.455 e. The van der Waals surface area contributed by atoms with E-state index in [0.29, 0.717) is 17.3 Å². The van der Waals surface area contributed by atoms with E-state index in [1.165, 1.54) is 18.3 Å². The van der Waals surface area contributed by atoms with E-state index in [9.17, 15) is 19.2 Å². The van der Waals surface area contributed by atoms with Crippen LogP contribution in [0, 0.1) is 23.7 Å². The molecule has 0 radical (unpaired) electrons. The molecule has 0 spiro atoms. The summed E-state index contributed by atoms with van der Waals surface area (Å²) in [6.45, 7) is 14.7. The molecule has 2 aromatic rings. The molecule has 0 saturated carbocycles. The maximum Gasteiger partial charge on any atom is 0.303 e. The zero-order valence-electron chi connectivity index (χ0n) is 31.2. The van der Waals surface area contributed by atoms with Crippen LogP contribution < -0.4 is 5.32 Å². The molecule has 272 valence electrons. The Hall–Kier alpha value is -3.11. The number of carbonyl (C=O) groups is 4. The summed E-state index contributed by atoms with van der Waals surface area (Å²) in [5, 5.41) is 5.41. The van der Waals surface area contributed by atoms with Crippen molar-refractivity contribution in [1.82, 2.24) is 20.1 Å². The van der Waals surface area contributed by atoms with E-state index in [2.05, 4.69) is 48.1 Å². The molecule has 1 aliphatic rings. The minimum Gasteiger partial charge on any atom is -0.455 e. The Morgan fingerprint density at radius 3 is 2.35 bits per heavy atom. The third-order valence-corrected chi connectivity index (χ3v) is 11.0. The van der Waals surface area contributed by atoms with Gasteiger partial charge in [0.25, 0.3) is 5.91 Å². The second kappa shape index (κ2) is 19.3. The van der Waals surface area contributed by atoms with Crippen molar-refractivity contribution in [2.75, 3.05) is 20.6 Å². The van der Waals surface area contributed by atoms with Crippen molar-refractivity contribution in [2.45, 2.75) is 124 Å². The molecule has 10 heteroatoms. The van der Waals surface area contributed by atoms with Crippen LogP contribution in [0.25, 0.3) is 0 Å². The Kier molecular flexibility index (Phi) is 15.9. The Bertz CT molecular complexity index is 1360. The van der Waals surface area contributed by atoms with E-state index in [1.54, 1.807) is 17.3 Å². The molecule has 1 aromatic carbocycles. The summed E-state index contributed by atoms with van der Waals surface area (Å²) in [5.74, 6) is -0.612. The number of nitrogens with zero attached hydrogens (tertiary/aromatic N) is 3. The predicted octanol–water partition coefficient (Wildman–Crippen LogP) is 7.11. The number of thiazole rings is 1. The zero-order chi connectivity index (χ0) is 36.2. The number of likely N-dealkylation sites (tertiary alicyclic amines) is 1. The molecule has 1 fully saturated rings. The summed E-state index contributed by atoms with van der Waals surface area (Å²) in [5.41, 5.74) is 1.44. The van der Waals surface area contributed by atoms with Crippen LogP contribution in [0.1, 0.15) is 121 Å². The number of rotatable bonds is 18. The average molecular weight is 697 g/mol. The minimum absolute atomic E-state index is 0.0299. The number of ether oxygens (including phenoxy) is 1. The summed E-state index contributed by atoms with van der Waals surface area (Å²) in [6, 6.07) is 9.63. The molecule has 3 rings (SSSR count). The van der Waals surface area contributed by atoms with Gasteiger partial charge in [-0.2, -0.15) is 0 Å². The Morgan fingerprint density at radius 2 is 1.76 bits per heavy atom. The van der Waals surface area contributed by atoms with E-state index in [0.717, 1.165) is 50.6 Å². The SMILES string of the molecule is CCC(C)C(CC(=O)C1CCCCN1C)C(=O)N(C)C(CC(OC(C)=O)c1nc(C(=O)NC(Cc2ccccc2)CC(C)C)cs1)C(C)C. The van der Waals surface area contributed by atoms with Gasteiger partial charge in [0.05, 0.1) is 6.04 Å². The molecular weight excluding hydrogens is 637 g/mol. The second-order valence-electron chi connectivity index (χ2n) is 14.8. The zero-order valence-corrected chi connectivity index (χ0v) is 32.1. The van der Waals surface area contributed by atoms with Gasteiger partial charge < -0.3 is 15.0 Å². The number of hydrogen-bond donors (Lipinski definition) is 1. The molecule has 2 heterocycles. The number of likely N-dealkylation sites (N-methyl/N-ethyl adjacent to an activating group) is 1. The third kappa shape index (κ3) is 12.0. The summed E-state index contributed by atoms with van der Waals surface area (Å²) in [7, 11) is 3.80. The summed E-state index contributed by atoms with van der Waals surface area (Å²) in [4.78, 5) is 62.1. The molecule has 1 aliphatic heterocycles. The number of esters is 1. The highest BCUT2D eigenvalue weighted by Gasteiger charge is 2.37. The smallest absolute Gasteiger partial charge is 0.303 e. The van der Waals surface area contributed by atoms with Gasteiger partial charge in [0.1, 0.15) is 10.7 Å². The van der Waals surface area contributed by atoms with Gasteiger partial charge in [-0.25, -0.2) is 4.98 Å². The highest BCUT2D eigenvalue weighted by molar-refractivity contribution is 7.09. The summed E-state index contributed by atoms with van der Waals surface area (Å²) in [6.07, 6.45) is 5.10. The Balaban J connectivity index is 1.79. The average Bonchev–Trinajstić information content (AvgIpc) is 3.55. The van der Waals surface area contributed by atoms with Gasteiger partial charge in [0.15, 0.2) is 11.9 Å². The number of hydrogen-bond acceptors (Lipinski definition) is 8. The maximum atomic E-state index is 14.2. The lowest BCUT2D eigenvalue weighted by molar-refractivity contribution is -0.149. The second-order valence-corrected chi connectivity index (χ2v) is 15.7. The number of Topliss-reactive ketones (excluding diaryl/α,β-unsaturated/α-hetero) is 1. The first-order chi connectivity index (χ1) is 23.2. The summed E-state index contributed by atoms with van der Waals surface area (Å²) >= 11 is 1.28. The van der Waals surface area contributed by atoms with Gasteiger partial charge in [-0.1, -0.05) is 84.7 Å². The topological polar surface area (TPSA) is 109 Å². The van der Waals surface area contributed by atoms with Crippen molar-refractivity contribution >= 4 is 34.9 Å². The first kappa shape index (κ1) is 40.3. The fourth-order valence-corrected chi connectivity index (χ4v) is 7.87. The summed E-state index contributed by atoms with van der Waals surface area (Å²) < 4.78 is 5.82. The van der Waals surface area contributed by atoms with Crippen LogP contribution in [0.15, 0.2) is 35.7 Å². The maximum absolute atomic E-state index is 14.2. The van der Waals surface area contributed by atoms with Gasteiger partial charge in [0.2, 0.25) is 5.91 Å². The van der Waals surface area contributed by atoms with Crippen LogP contribution in [0.2, 0.25) is 0 Å². The van der Waals surface area contributed by atoms with Crippen LogP contribution in [0.3, 0.4) is 0 Å². The molecule has 49 heavy (non-hydrogen) atoms. The van der Waals surface area contributed by atoms with Crippen LogP contribution >= 0.6 is 11.3 Å². The van der Waals surface area contributed by atoms with Crippen molar-refractivity contribution in [3.63, 3.8) is 0 Å². The molecule has 6 atom stereocenters. The van der Waals surface area contributed by atoms with Crippen LogP contribution in [0.5, 0.6) is 0 Å². The number of carbonyl (C=O) groups excluding carboxylic acids is 4. The first-order valence-electron chi connectivity index (χ1n) is 18.2. The molecule has 0 aliphatic carbocycles. The number of piperidine rings is 1. The van der Waals surface area contributed by atoms with Crippen molar-refractivity contribution in [3.05, 3.63) is 52.0 Å². The lowest BCUT2D eigenvalue weighted by Crippen LogP contribution is -2.48. The molecule has 1 N–H and O–H groups in total. The number of aromatic nitrogens is 1. The van der Waals surface area contributed by atoms with Crippen LogP contribution in [-0.4, -0.2) is 77.1 Å². The molecular formula is C39H60N4O5S. The molecule has 0 bridgehead atoms. The van der Waals surface area contributed by atoms with Crippen molar-refractivity contribution in [1.29, 1.82) is 0 Å². The van der Waals surface area contributed by atoms with E-state index < -0.39 is 18.0 Å². The predicted molar refractivity (Wildman–Crippen MR) is 196 cm³/mol. The van der Waals surface area contributed by atoms with Gasteiger partial charge >= 0.3 is 5.97 Å². The Morgan fingerprint density at radius 1 is 1.06 bits per heavy atom. The fourth-order valence-electron chi connectivity index (χ4n) is 7.03. The highest BCUT2D eigenvalue weighted by Crippen LogP contribution is 2.33. The van der Waals surface area contributed by atoms with Gasteiger partial charge in [-0.3, -0.25) is 24.1 Å². The van der Waals surface area contributed by atoms with Crippen LogP contribution in [0.4, 0.5) is 0 Å². The number of benzene rings is 1. The molecule has 2 amide bonds. The van der Waals surface area contributed by atoms with Crippen LogP contribution in [-0.2, 0) is 25.5 Å². The minimum atomic E-state index is -0.734. The third-order valence-electron chi connectivity index (χ3n) is 10.0. The van der Waals surface area contributed by atoms with E-state index in [-0.39, 0.29) is 59.7 Å². The number of nitrogens with one attached hydrogen (secondary N) is 1. The van der Waals surface area contributed by atoms with Crippen molar-refractivity contribution in [2.24, 2.45) is 23.7 Å². The molecule has 1 saturated heterocycles. The highest BCUT2D eigenvalue weighted by atomic mass is 32.1. The number of ketones is 1.